The number of non-ortho nitro benzene ring substituents is 1. The van der Waals surface area contributed by atoms with Crippen molar-refractivity contribution in [1.82, 2.24) is 4.57 Å². The number of hydrogen-bond donors (Lipinski definition) is 1. The van der Waals surface area contributed by atoms with Gasteiger partial charge < -0.3 is 14.6 Å². The smallest absolute Gasteiger partial charge is 0.269 e. The molecule has 138 valence electrons. The number of rotatable bonds is 4. The van der Waals surface area contributed by atoms with E-state index >= 15 is 0 Å². The zero-order chi connectivity index (χ0) is 19.7. The second-order valence-electron chi connectivity index (χ2n) is 6.05. The molecule has 0 atom stereocenters. The van der Waals surface area contributed by atoms with Crippen LogP contribution in [-0.4, -0.2) is 22.5 Å². The van der Waals surface area contributed by atoms with Crippen molar-refractivity contribution in [3.05, 3.63) is 74.1 Å². The van der Waals surface area contributed by atoms with Crippen LogP contribution in [0, 0.1) is 17.0 Å². The van der Waals surface area contributed by atoms with Gasteiger partial charge in [0.1, 0.15) is 11.3 Å². The van der Waals surface area contributed by atoms with Crippen molar-refractivity contribution in [3.8, 4) is 5.75 Å². The van der Waals surface area contributed by atoms with E-state index in [1.807, 2.05) is 0 Å². The molecular weight excluding hydrogens is 350 g/mol. The molecule has 0 aliphatic carbocycles. The third-order valence-electron chi connectivity index (χ3n) is 4.30. The van der Waals surface area contributed by atoms with E-state index in [9.17, 15) is 19.7 Å². The maximum absolute atomic E-state index is 12.8. The number of carbonyl (C=O) groups excluding carboxylic acids is 1. The molecule has 0 aliphatic heterocycles. The van der Waals surface area contributed by atoms with Crippen LogP contribution in [-0.2, 0) is 7.05 Å². The maximum Gasteiger partial charge on any atom is 0.269 e. The molecule has 2 aromatic carbocycles. The Bertz CT molecular complexity index is 1130. The molecule has 27 heavy (non-hydrogen) atoms. The Morgan fingerprint density at radius 1 is 1.26 bits per heavy atom. The Hall–Kier alpha value is -3.68. The van der Waals surface area contributed by atoms with Crippen LogP contribution < -0.4 is 15.5 Å². The van der Waals surface area contributed by atoms with Gasteiger partial charge in [-0.05, 0) is 30.7 Å². The van der Waals surface area contributed by atoms with Gasteiger partial charge in [0.2, 0.25) is 5.43 Å². The largest absolute Gasteiger partial charge is 0.495 e. The molecule has 0 bridgehead atoms. The summed E-state index contributed by atoms with van der Waals surface area (Å²) < 4.78 is 6.95. The molecule has 3 rings (SSSR count). The lowest BCUT2D eigenvalue weighted by molar-refractivity contribution is -0.384. The first-order valence-electron chi connectivity index (χ1n) is 8.06. The minimum absolute atomic E-state index is 0.0315. The zero-order valence-corrected chi connectivity index (χ0v) is 15.0. The highest BCUT2D eigenvalue weighted by Gasteiger charge is 2.18. The molecule has 1 aromatic heterocycles. The van der Waals surface area contributed by atoms with Crippen molar-refractivity contribution in [2.24, 2.45) is 7.05 Å². The van der Waals surface area contributed by atoms with Gasteiger partial charge in [0.15, 0.2) is 0 Å². The number of para-hydroxylation sites is 1. The van der Waals surface area contributed by atoms with Gasteiger partial charge in [-0.3, -0.25) is 19.7 Å². The van der Waals surface area contributed by atoms with Crippen LogP contribution in [0.3, 0.4) is 0 Å². The van der Waals surface area contributed by atoms with Gasteiger partial charge in [0.05, 0.1) is 22.9 Å². The van der Waals surface area contributed by atoms with E-state index in [0.717, 1.165) is 0 Å². The Kier molecular flexibility index (Phi) is 4.64. The van der Waals surface area contributed by atoms with E-state index in [2.05, 4.69) is 5.32 Å². The van der Waals surface area contributed by atoms with Gasteiger partial charge in [-0.2, -0.15) is 0 Å². The molecule has 8 heteroatoms. The van der Waals surface area contributed by atoms with Gasteiger partial charge in [-0.15, -0.1) is 0 Å². The van der Waals surface area contributed by atoms with E-state index in [1.54, 1.807) is 36.7 Å². The Labute approximate surface area is 154 Å². The number of nitro benzene ring substituents is 1. The highest BCUT2D eigenvalue weighted by Crippen LogP contribution is 2.24. The normalized spacial score (nSPS) is 10.6. The fourth-order valence-corrected chi connectivity index (χ4v) is 2.95. The van der Waals surface area contributed by atoms with Crippen LogP contribution in [0.1, 0.15) is 15.9 Å². The number of aromatic nitrogens is 1. The highest BCUT2D eigenvalue weighted by atomic mass is 16.6. The van der Waals surface area contributed by atoms with Crippen molar-refractivity contribution in [2.75, 3.05) is 12.4 Å². The van der Waals surface area contributed by atoms with Crippen molar-refractivity contribution in [3.63, 3.8) is 0 Å². The first-order valence-corrected chi connectivity index (χ1v) is 8.06. The summed E-state index contributed by atoms with van der Waals surface area (Å²) in [6.45, 7) is 1.64. The quantitative estimate of drug-likeness (QED) is 0.564. The van der Waals surface area contributed by atoms with E-state index in [1.165, 1.54) is 31.5 Å². The summed E-state index contributed by atoms with van der Waals surface area (Å²) in [6.07, 6.45) is 1.45. The summed E-state index contributed by atoms with van der Waals surface area (Å²) in [7, 11) is 3.23. The molecule has 0 spiro atoms. The second kappa shape index (κ2) is 6.91. The van der Waals surface area contributed by atoms with E-state index in [0.29, 0.717) is 27.9 Å². The van der Waals surface area contributed by atoms with Crippen LogP contribution in [0.15, 0.2) is 47.4 Å². The molecule has 1 N–H and O–H groups in total. The summed E-state index contributed by atoms with van der Waals surface area (Å²) in [4.78, 5) is 35.8. The van der Waals surface area contributed by atoms with Gasteiger partial charge in [-0.1, -0.05) is 6.07 Å². The molecule has 0 saturated carbocycles. The SMILES string of the molecule is COc1cccc2c(=O)c(C(=O)Nc3ccc([N+](=O)[O-])cc3C)cn(C)c12. The van der Waals surface area contributed by atoms with Crippen LogP contribution in [0.2, 0.25) is 0 Å². The fraction of sp³-hybridized carbons (Fsp3) is 0.158. The average molecular weight is 367 g/mol. The summed E-state index contributed by atoms with van der Waals surface area (Å²) in [6, 6.07) is 9.16. The fourth-order valence-electron chi connectivity index (χ4n) is 2.95. The molecule has 0 radical (unpaired) electrons. The van der Waals surface area contributed by atoms with Crippen molar-refractivity contribution in [1.29, 1.82) is 0 Å². The minimum atomic E-state index is -0.586. The number of nitro groups is 1. The number of nitrogens with one attached hydrogen (secondary N) is 1. The number of methoxy groups -OCH3 is 1. The predicted molar refractivity (Wildman–Crippen MR) is 102 cm³/mol. The van der Waals surface area contributed by atoms with Crippen LogP contribution in [0.25, 0.3) is 10.9 Å². The number of ether oxygens (including phenoxy) is 1. The molecule has 0 saturated heterocycles. The molecule has 3 aromatic rings. The average Bonchev–Trinajstić information content (AvgIpc) is 2.65. The molecule has 1 heterocycles. The van der Waals surface area contributed by atoms with Crippen molar-refractivity contribution in [2.45, 2.75) is 6.92 Å². The number of hydrogen-bond acceptors (Lipinski definition) is 5. The van der Waals surface area contributed by atoms with E-state index in [-0.39, 0.29) is 11.3 Å². The first kappa shape index (κ1) is 18.1. The molecule has 0 fully saturated rings. The summed E-state index contributed by atoms with van der Waals surface area (Å²) in [5.41, 5.74) is 0.998. The topological polar surface area (TPSA) is 103 Å². The number of nitrogens with zero attached hydrogens (tertiary/aromatic N) is 2. The maximum atomic E-state index is 12.8. The number of aryl methyl sites for hydroxylation is 2. The lowest BCUT2D eigenvalue weighted by Crippen LogP contribution is -2.23. The summed E-state index contributed by atoms with van der Waals surface area (Å²) >= 11 is 0. The number of pyridine rings is 1. The lowest BCUT2D eigenvalue weighted by atomic mass is 10.1. The summed E-state index contributed by atoms with van der Waals surface area (Å²) in [5.74, 6) is -0.0532. The van der Waals surface area contributed by atoms with E-state index in [4.69, 9.17) is 4.74 Å². The van der Waals surface area contributed by atoms with Gasteiger partial charge in [0, 0.05) is 31.1 Å². The monoisotopic (exact) mass is 367 g/mol. The second-order valence-corrected chi connectivity index (χ2v) is 6.05. The van der Waals surface area contributed by atoms with E-state index < -0.39 is 16.3 Å². The third kappa shape index (κ3) is 3.24. The van der Waals surface area contributed by atoms with Crippen molar-refractivity contribution < 1.29 is 14.5 Å². The standard InChI is InChI=1S/C19H17N3O5/c1-11-9-12(22(25)26)7-8-15(11)20-19(24)14-10-21(2)17-13(18(14)23)5-4-6-16(17)27-3/h4-10H,1-3H3,(H,20,24). The third-order valence-corrected chi connectivity index (χ3v) is 4.30. The first-order chi connectivity index (χ1) is 12.8. The van der Waals surface area contributed by atoms with Gasteiger partial charge in [-0.25, -0.2) is 0 Å². The van der Waals surface area contributed by atoms with Crippen LogP contribution in [0.4, 0.5) is 11.4 Å². The van der Waals surface area contributed by atoms with Crippen molar-refractivity contribution >= 4 is 28.2 Å². The number of fused-ring (bicyclic) bond motifs is 1. The van der Waals surface area contributed by atoms with Gasteiger partial charge >= 0.3 is 0 Å². The summed E-state index contributed by atoms with van der Waals surface area (Å²) in [5, 5.41) is 13.8. The Morgan fingerprint density at radius 3 is 2.63 bits per heavy atom. The lowest BCUT2D eigenvalue weighted by Gasteiger charge is -2.13. The Balaban J connectivity index is 2.03. The number of benzene rings is 2. The number of carbonyl (C=O) groups is 1. The zero-order valence-electron chi connectivity index (χ0n) is 15.0. The highest BCUT2D eigenvalue weighted by molar-refractivity contribution is 6.06. The van der Waals surface area contributed by atoms with Gasteiger partial charge in [0.25, 0.3) is 11.6 Å². The molecule has 8 nitrogen and oxygen atoms in total. The number of anilines is 1. The number of amides is 1. The molecular formula is C19H17N3O5. The molecule has 0 aliphatic rings. The molecule has 0 unspecified atom stereocenters. The minimum Gasteiger partial charge on any atom is -0.495 e. The predicted octanol–water partition coefficient (Wildman–Crippen LogP) is 3.02. The van der Waals surface area contributed by atoms with Crippen LogP contribution >= 0.6 is 0 Å². The molecule has 1 amide bonds. The van der Waals surface area contributed by atoms with Crippen LogP contribution in [0.5, 0.6) is 5.75 Å². The Morgan fingerprint density at radius 2 is 2.00 bits per heavy atom.